The quantitative estimate of drug-likeness (QED) is 0.496. The van der Waals surface area contributed by atoms with Gasteiger partial charge in [0.15, 0.2) is 0 Å². The third-order valence-electron chi connectivity index (χ3n) is 0.151. The first-order chi connectivity index (χ1) is 1.91. The molecule has 0 aromatic heterocycles. The zero-order valence-corrected chi connectivity index (χ0v) is 4.20. The van der Waals surface area contributed by atoms with Gasteiger partial charge in [-0.2, -0.15) is 0 Å². The van der Waals surface area contributed by atoms with E-state index in [1.807, 2.05) is 0 Å². The minimum absolute atomic E-state index is 1.13. The molecular weight excluding hydrogens is 144 g/mol. The van der Waals surface area contributed by atoms with Crippen LogP contribution in [0.3, 0.4) is 0 Å². The summed E-state index contributed by atoms with van der Waals surface area (Å²) in [6.45, 7) is 2.13. The molecule has 0 N–H and O–H groups in total. The van der Waals surface area contributed by atoms with Crippen LogP contribution in [0, 0.1) is 0 Å². The van der Waals surface area contributed by atoms with Gasteiger partial charge in [0.2, 0.25) is 0 Å². The summed E-state index contributed by atoms with van der Waals surface area (Å²) in [5.74, 6) is 0. The molecule has 0 saturated carbocycles. The Morgan fingerprint density at radius 2 is 2.00 bits per heavy atom. The fourth-order valence-corrected chi connectivity index (χ4v) is 0. The van der Waals surface area contributed by atoms with Crippen molar-refractivity contribution < 1.29 is 21.1 Å². The van der Waals surface area contributed by atoms with Crippen LogP contribution in [0.4, 0.5) is 0 Å². The molecule has 0 saturated heterocycles. The Balaban J connectivity index is 1.97. The van der Waals surface area contributed by atoms with Crippen LogP contribution in [0.5, 0.6) is 0 Å². The molecule has 4 heavy (non-hydrogen) atoms. The monoisotopic (exact) mass is 150 g/mol. The molecule has 0 spiro atoms. The van der Waals surface area contributed by atoms with Gasteiger partial charge in [-0.25, -0.2) is 0 Å². The van der Waals surface area contributed by atoms with E-state index < -0.39 is 0 Å². The van der Waals surface area contributed by atoms with Crippen LogP contribution in [-0.4, -0.2) is 0 Å². The summed E-state index contributed by atoms with van der Waals surface area (Å²) in [6.07, 6.45) is 1.23. The van der Waals surface area contributed by atoms with Crippen molar-refractivity contribution in [1.29, 1.82) is 0 Å². The van der Waals surface area contributed by atoms with Crippen molar-refractivity contribution >= 4 is 0 Å². The second-order valence-corrected chi connectivity index (χ2v) is 1.39. The SMILES string of the molecule is CC[CH2][Ag]. The Morgan fingerprint density at radius 3 is 2.00 bits per heavy atom. The molecule has 0 aliphatic rings. The van der Waals surface area contributed by atoms with Gasteiger partial charge in [-0.3, -0.25) is 0 Å². The van der Waals surface area contributed by atoms with Crippen molar-refractivity contribution in [2.24, 2.45) is 0 Å². The molecule has 1 heteroatoms. The van der Waals surface area contributed by atoms with Crippen LogP contribution < -0.4 is 0 Å². The molecule has 0 bridgehead atoms. The van der Waals surface area contributed by atoms with Crippen LogP contribution in [0.25, 0.3) is 0 Å². The Hall–Kier alpha value is 0.740. The molecule has 0 radical (unpaired) electrons. The number of hydrogen-bond acceptors (Lipinski definition) is 0. The molecular formula is C3H7Ag. The summed E-state index contributed by atoms with van der Waals surface area (Å²) in [7, 11) is 0. The zero-order valence-electron chi connectivity index (χ0n) is 2.72. The Bertz CT molecular complexity index is 5.25. The first-order valence-corrected chi connectivity index (χ1v) is 2.47. The van der Waals surface area contributed by atoms with E-state index in [2.05, 4.69) is 28.0 Å². The minimum atomic E-state index is 1.13. The molecule has 0 nitrogen and oxygen atoms in total. The van der Waals surface area contributed by atoms with Crippen molar-refractivity contribution in [3.05, 3.63) is 0 Å². The zero-order chi connectivity index (χ0) is 3.41. The van der Waals surface area contributed by atoms with E-state index in [4.69, 9.17) is 0 Å². The van der Waals surface area contributed by atoms with Gasteiger partial charge in [-0.05, 0) is 0 Å². The first kappa shape index (κ1) is 4.74. The fraction of sp³-hybridized carbons (Fsp3) is 1.00. The molecule has 0 heterocycles. The Labute approximate surface area is 39.5 Å². The molecule has 0 amide bonds. The van der Waals surface area contributed by atoms with Crippen molar-refractivity contribution in [3.8, 4) is 0 Å². The summed E-state index contributed by atoms with van der Waals surface area (Å²) >= 11 is 3.26. The standard InChI is InChI=1S/C3H7.Ag/c1-3-2;/h1,3H2,2H3;. The van der Waals surface area contributed by atoms with E-state index in [1.54, 1.807) is 0 Å². The molecule has 0 aliphatic carbocycles. The van der Waals surface area contributed by atoms with Crippen LogP contribution in [0.15, 0.2) is 0 Å². The molecule has 0 aromatic rings. The predicted octanol–water partition coefficient (Wildman–Crippen LogP) is 1.36. The predicted molar refractivity (Wildman–Crippen MR) is 15.1 cm³/mol. The number of hydrogen-bond donors (Lipinski definition) is 0. The van der Waals surface area contributed by atoms with Crippen molar-refractivity contribution in [1.82, 2.24) is 0 Å². The first-order valence-electron chi connectivity index (χ1n) is 1.42. The van der Waals surface area contributed by atoms with Gasteiger partial charge in [-0.1, -0.05) is 0 Å². The molecule has 0 fully saturated rings. The van der Waals surface area contributed by atoms with E-state index in [0.29, 0.717) is 0 Å². The summed E-state index contributed by atoms with van der Waals surface area (Å²) in [6, 6.07) is 0. The van der Waals surface area contributed by atoms with Crippen LogP contribution in [0.2, 0.25) is 4.64 Å². The average molecular weight is 151 g/mol. The van der Waals surface area contributed by atoms with Gasteiger partial charge in [0.1, 0.15) is 0 Å². The van der Waals surface area contributed by atoms with E-state index in [-0.39, 0.29) is 0 Å². The summed E-state index contributed by atoms with van der Waals surface area (Å²) in [5.41, 5.74) is 0. The van der Waals surface area contributed by atoms with E-state index in [1.165, 1.54) is 6.42 Å². The molecule has 0 aliphatic heterocycles. The van der Waals surface area contributed by atoms with Crippen molar-refractivity contribution in [2.75, 3.05) is 0 Å². The van der Waals surface area contributed by atoms with Crippen LogP contribution in [0.1, 0.15) is 13.3 Å². The second-order valence-electron chi connectivity index (χ2n) is 0.651. The van der Waals surface area contributed by atoms with Gasteiger partial charge >= 0.3 is 39.1 Å². The van der Waals surface area contributed by atoms with Crippen molar-refractivity contribution in [2.45, 2.75) is 18.0 Å². The van der Waals surface area contributed by atoms with Crippen molar-refractivity contribution in [3.63, 3.8) is 0 Å². The van der Waals surface area contributed by atoms with Gasteiger partial charge in [0, 0.05) is 0 Å². The fourth-order valence-electron chi connectivity index (χ4n) is 0. The summed E-state index contributed by atoms with van der Waals surface area (Å²) in [5, 5.41) is 0. The average Bonchev–Trinajstić information content (AvgIpc) is 1.37. The maximum absolute atomic E-state index is 3.26. The second kappa shape index (κ2) is 3.74. The normalized spacial score (nSPS) is 7.75. The molecule has 30 valence electrons. The molecule has 0 unspecified atom stereocenters. The van der Waals surface area contributed by atoms with E-state index in [0.717, 1.165) is 4.64 Å². The number of rotatable bonds is 1. The maximum atomic E-state index is 3.26. The topological polar surface area (TPSA) is 0 Å². The summed E-state index contributed by atoms with van der Waals surface area (Å²) in [4.78, 5) is 0. The summed E-state index contributed by atoms with van der Waals surface area (Å²) < 4.78 is 1.13. The van der Waals surface area contributed by atoms with Crippen LogP contribution >= 0.6 is 0 Å². The van der Waals surface area contributed by atoms with Gasteiger partial charge < -0.3 is 0 Å². The van der Waals surface area contributed by atoms with Gasteiger partial charge in [0.05, 0.1) is 0 Å². The Kier molecular flexibility index (Phi) is 4.43. The van der Waals surface area contributed by atoms with Gasteiger partial charge in [-0.15, -0.1) is 0 Å². The molecule has 0 aromatic carbocycles. The third kappa shape index (κ3) is 2.74. The van der Waals surface area contributed by atoms with E-state index >= 15 is 0 Å². The molecule has 0 atom stereocenters. The third-order valence-corrected chi connectivity index (χ3v) is 0.892. The van der Waals surface area contributed by atoms with Gasteiger partial charge in [0.25, 0.3) is 0 Å². The van der Waals surface area contributed by atoms with Crippen LogP contribution in [-0.2, 0) is 21.1 Å². The van der Waals surface area contributed by atoms with E-state index in [9.17, 15) is 0 Å². The molecule has 0 rings (SSSR count). The Morgan fingerprint density at radius 1 is 1.75 bits per heavy atom.